The van der Waals surface area contributed by atoms with Crippen molar-refractivity contribution >= 4 is 27.5 Å². The normalized spacial score (nSPS) is 20.7. The molecule has 1 atom stereocenters. The molecule has 1 aliphatic rings. The minimum absolute atomic E-state index is 0.0473. The van der Waals surface area contributed by atoms with Crippen LogP contribution in [0.25, 0.3) is 0 Å². The van der Waals surface area contributed by atoms with E-state index >= 15 is 0 Å². The summed E-state index contributed by atoms with van der Waals surface area (Å²) >= 11 is 3.37. The lowest BCUT2D eigenvalue weighted by Crippen LogP contribution is -2.51. The first-order chi connectivity index (χ1) is 8.65. The van der Waals surface area contributed by atoms with E-state index in [-0.39, 0.29) is 5.91 Å². The molecule has 1 saturated heterocycles. The molecule has 0 aromatic heterocycles. The van der Waals surface area contributed by atoms with Crippen LogP contribution >= 0.6 is 15.9 Å². The van der Waals surface area contributed by atoms with E-state index in [0.717, 1.165) is 29.8 Å². The van der Waals surface area contributed by atoms with E-state index in [1.165, 1.54) is 0 Å². The van der Waals surface area contributed by atoms with Gasteiger partial charge in [0.25, 0.3) is 0 Å². The first-order valence-corrected chi connectivity index (χ1v) is 6.94. The van der Waals surface area contributed by atoms with Crippen molar-refractivity contribution < 1.29 is 4.79 Å². The molecule has 1 heterocycles. The Morgan fingerprint density at radius 3 is 2.89 bits per heavy atom. The number of nitrogens with zero attached hydrogens (tertiary/aromatic N) is 1. The zero-order valence-electron chi connectivity index (χ0n) is 10.4. The van der Waals surface area contributed by atoms with Gasteiger partial charge in [0.1, 0.15) is 0 Å². The standard InChI is InChI=1S/C13H18BrN3O/c1-10-8-15-6-7-17(10)9-13(18)16-12-4-2-11(14)3-5-12/h2-5,10,15H,6-9H2,1H3,(H,16,18). The molecule has 1 fully saturated rings. The Morgan fingerprint density at radius 2 is 2.22 bits per heavy atom. The predicted molar refractivity (Wildman–Crippen MR) is 76.7 cm³/mol. The highest BCUT2D eigenvalue weighted by Crippen LogP contribution is 2.14. The summed E-state index contributed by atoms with van der Waals surface area (Å²) in [6.07, 6.45) is 0. The summed E-state index contributed by atoms with van der Waals surface area (Å²) in [6, 6.07) is 8.03. The third kappa shape index (κ3) is 3.80. The SMILES string of the molecule is CC1CNCCN1CC(=O)Nc1ccc(Br)cc1. The molecule has 18 heavy (non-hydrogen) atoms. The molecular weight excluding hydrogens is 294 g/mol. The maximum Gasteiger partial charge on any atom is 0.238 e. The molecule has 1 unspecified atom stereocenters. The molecule has 1 amide bonds. The van der Waals surface area contributed by atoms with Crippen molar-refractivity contribution in [3.63, 3.8) is 0 Å². The summed E-state index contributed by atoms with van der Waals surface area (Å²) < 4.78 is 1.01. The molecule has 5 heteroatoms. The summed E-state index contributed by atoms with van der Waals surface area (Å²) in [5.74, 6) is 0.0473. The van der Waals surface area contributed by atoms with Crippen LogP contribution in [0, 0.1) is 0 Å². The van der Waals surface area contributed by atoms with E-state index < -0.39 is 0 Å². The van der Waals surface area contributed by atoms with Crippen molar-refractivity contribution in [2.75, 3.05) is 31.5 Å². The van der Waals surface area contributed by atoms with E-state index in [1.807, 2.05) is 24.3 Å². The van der Waals surface area contributed by atoms with Crippen LogP contribution in [0.5, 0.6) is 0 Å². The van der Waals surface area contributed by atoms with Crippen molar-refractivity contribution in [1.82, 2.24) is 10.2 Å². The second-order valence-corrected chi connectivity index (χ2v) is 5.49. The van der Waals surface area contributed by atoms with E-state index in [9.17, 15) is 4.79 Å². The van der Waals surface area contributed by atoms with Crippen molar-refractivity contribution in [3.8, 4) is 0 Å². The van der Waals surface area contributed by atoms with Crippen molar-refractivity contribution in [2.45, 2.75) is 13.0 Å². The molecular formula is C13H18BrN3O. The number of rotatable bonds is 3. The molecule has 2 rings (SSSR count). The summed E-state index contributed by atoms with van der Waals surface area (Å²) in [5.41, 5.74) is 0.839. The van der Waals surface area contributed by atoms with Gasteiger partial charge in [-0.05, 0) is 31.2 Å². The maximum atomic E-state index is 11.9. The summed E-state index contributed by atoms with van der Waals surface area (Å²) in [7, 11) is 0. The Kier molecular flexibility index (Phi) is 4.74. The van der Waals surface area contributed by atoms with Gasteiger partial charge in [0.15, 0.2) is 0 Å². The fourth-order valence-electron chi connectivity index (χ4n) is 2.04. The van der Waals surface area contributed by atoms with E-state index in [2.05, 4.69) is 38.4 Å². The fourth-order valence-corrected chi connectivity index (χ4v) is 2.30. The third-order valence-corrected chi connectivity index (χ3v) is 3.64. The molecule has 1 aromatic carbocycles. The van der Waals surface area contributed by atoms with Gasteiger partial charge in [-0.3, -0.25) is 9.69 Å². The van der Waals surface area contributed by atoms with Gasteiger partial charge < -0.3 is 10.6 Å². The van der Waals surface area contributed by atoms with Gasteiger partial charge in [0, 0.05) is 35.8 Å². The van der Waals surface area contributed by atoms with Crippen LogP contribution in [0.3, 0.4) is 0 Å². The Labute approximate surface area is 116 Å². The average molecular weight is 312 g/mol. The lowest BCUT2D eigenvalue weighted by molar-refractivity contribution is -0.118. The predicted octanol–water partition coefficient (Wildman–Crippen LogP) is 1.68. The smallest absolute Gasteiger partial charge is 0.238 e. The number of halogens is 1. The Bertz CT molecular complexity index is 407. The van der Waals surface area contributed by atoms with E-state index in [0.29, 0.717) is 12.6 Å². The molecule has 0 aliphatic carbocycles. The lowest BCUT2D eigenvalue weighted by atomic mass is 10.2. The van der Waals surface area contributed by atoms with Gasteiger partial charge in [0.05, 0.1) is 6.54 Å². The number of carbonyl (C=O) groups is 1. The fraction of sp³-hybridized carbons (Fsp3) is 0.462. The van der Waals surface area contributed by atoms with Crippen LogP contribution in [0.1, 0.15) is 6.92 Å². The lowest BCUT2D eigenvalue weighted by Gasteiger charge is -2.33. The maximum absolute atomic E-state index is 11.9. The molecule has 0 radical (unpaired) electrons. The third-order valence-electron chi connectivity index (χ3n) is 3.11. The topological polar surface area (TPSA) is 44.4 Å². The quantitative estimate of drug-likeness (QED) is 0.892. The van der Waals surface area contributed by atoms with Gasteiger partial charge in [-0.2, -0.15) is 0 Å². The van der Waals surface area contributed by atoms with Crippen LogP contribution in [0.4, 0.5) is 5.69 Å². The van der Waals surface area contributed by atoms with Gasteiger partial charge in [-0.25, -0.2) is 0 Å². The highest BCUT2D eigenvalue weighted by molar-refractivity contribution is 9.10. The van der Waals surface area contributed by atoms with Crippen molar-refractivity contribution in [3.05, 3.63) is 28.7 Å². The molecule has 2 N–H and O–H groups in total. The number of anilines is 1. The molecule has 0 spiro atoms. The van der Waals surface area contributed by atoms with E-state index in [4.69, 9.17) is 0 Å². The Hall–Kier alpha value is -0.910. The summed E-state index contributed by atoms with van der Waals surface area (Å²) in [6.45, 7) is 5.42. The summed E-state index contributed by atoms with van der Waals surface area (Å²) in [5, 5.41) is 6.23. The van der Waals surface area contributed by atoms with E-state index in [1.54, 1.807) is 0 Å². The minimum atomic E-state index is 0.0473. The second kappa shape index (κ2) is 6.31. The molecule has 0 saturated carbocycles. The minimum Gasteiger partial charge on any atom is -0.325 e. The highest BCUT2D eigenvalue weighted by atomic mass is 79.9. The highest BCUT2D eigenvalue weighted by Gasteiger charge is 2.20. The number of carbonyl (C=O) groups excluding carboxylic acids is 1. The molecule has 1 aliphatic heterocycles. The van der Waals surface area contributed by atoms with Gasteiger partial charge in [0.2, 0.25) is 5.91 Å². The summed E-state index contributed by atoms with van der Waals surface area (Å²) in [4.78, 5) is 14.1. The number of piperazine rings is 1. The number of nitrogens with one attached hydrogen (secondary N) is 2. The van der Waals surface area contributed by atoms with Gasteiger partial charge in [-0.15, -0.1) is 0 Å². The zero-order chi connectivity index (χ0) is 13.0. The second-order valence-electron chi connectivity index (χ2n) is 4.58. The first kappa shape index (κ1) is 13.5. The number of hydrogen-bond acceptors (Lipinski definition) is 3. The molecule has 1 aromatic rings. The number of hydrogen-bond donors (Lipinski definition) is 2. The average Bonchev–Trinajstić information content (AvgIpc) is 2.35. The number of amides is 1. The number of benzene rings is 1. The van der Waals surface area contributed by atoms with Gasteiger partial charge in [-0.1, -0.05) is 15.9 Å². The van der Waals surface area contributed by atoms with Crippen LogP contribution in [-0.2, 0) is 4.79 Å². The first-order valence-electron chi connectivity index (χ1n) is 6.15. The Balaban J connectivity index is 1.86. The van der Waals surface area contributed by atoms with Crippen LogP contribution in [-0.4, -0.2) is 43.0 Å². The zero-order valence-corrected chi connectivity index (χ0v) is 12.0. The largest absolute Gasteiger partial charge is 0.325 e. The Morgan fingerprint density at radius 1 is 1.50 bits per heavy atom. The van der Waals surface area contributed by atoms with Crippen LogP contribution in [0.15, 0.2) is 28.7 Å². The van der Waals surface area contributed by atoms with Crippen LogP contribution < -0.4 is 10.6 Å². The molecule has 98 valence electrons. The van der Waals surface area contributed by atoms with Crippen LogP contribution in [0.2, 0.25) is 0 Å². The monoisotopic (exact) mass is 311 g/mol. The van der Waals surface area contributed by atoms with Crippen molar-refractivity contribution in [1.29, 1.82) is 0 Å². The molecule has 0 bridgehead atoms. The van der Waals surface area contributed by atoms with Gasteiger partial charge >= 0.3 is 0 Å². The molecule has 4 nitrogen and oxygen atoms in total. The van der Waals surface area contributed by atoms with Crippen molar-refractivity contribution in [2.24, 2.45) is 0 Å².